The molecule has 1 heteroatoms. The first-order valence-electron chi connectivity index (χ1n) is 5.97. The summed E-state index contributed by atoms with van der Waals surface area (Å²) in [4.78, 5) is 0. The lowest BCUT2D eigenvalue weighted by molar-refractivity contribution is 0.573. The summed E-state index contributed by atoms with van der Waals surface area (Å²) in [6.45, 7) is 4.54. The normalized spacial score (nSPS) is 11.5. The Morgan fingerprint density at radius 3 is 1.62 bits per heavy atom. The van der Waals surface area contributed by atoms with Crippen LogP contribution in [0.2, 0.25) is 0 Å². The van der Waals surface area contributed by atoms with E-state index in [1.165, 1.54) is 63.9 Å². The van der Waals surface area contributed by atoms with Gasteiger partial charge in [0.25, 0.3) is 0 Å². The van der Waals surface area contributed by atoms with Crippen LogP contribution in [0.1, 0.15) is 64.7 Å². The zero-order valence-corrected chi connectivity index (χ0v) is 10.4. The average Bonchev–Trinajstić information content (AvgIpc) is 2.16. The van der Waals surface area contributed by atoms with E-state index in [4.69, 9.17) is 0 Å². The van der Waals surface area contributed by atoms with E-state index >= 15 is 0 Å². The molecule has 0 aliphatic rings. The van der Waals surface area contributed by atoms with Crippen LogP contribution in [-0.4, -0.2) is 12.8 Å². The monoisotopic (exact) mass is 201 g/mol. The van der Waals surface area contributed by atoms with E-state index < -0.39 is 0 Å². The molecule has 0 aliphatic carbocycles. The van der Waals surface area contributed by atoms with Crippen molar-refractivity contribution in [3.05, 3.63) is 0 Å². The molecule has 0 spiro atoms. The highest BCUT2D eigenvalue weighted by Crippen LogP contribution is 2.12. The Morgan fingerprint density at radius 1 is 0.692 bits per heavy atom. The maximum Gasteiger partial charge on any atom is -0.0290 e. The third-order valence-corrected chi connectivity index (χ3v) is 3.25. The second-order valence-electron chi connectivity index (χ2n) is 3.87. The van der Waals surface area contributed by atoms with Crippen LogP contribution in [0, 0.1) is 0 Å². The SMILES string of the molecule is CCCCCCCCCCC[P]C. The van der Waals surface area contributed by atoms with Gasteiger partial charge in [-0.2, -0.15) is 0 Å². The molecule has 1 radical (unpaired) electrons. The van der Waals surface area contributed by atoms with Gasteiger partial charge in [0.1, 0.15) is 0 Å². The van der Waals surface area contributed by atoms with Gasteiger partial charge in [-0.25, -0.2) is 0 Å². The van der Waals surface area contributed by atoms with E-state index in [0.29, 0.717) is 0 Å². The summed E-state index contributed by atoms with van der Waals surface area (Å²) in [5.74, 6) is 0. The molecule has 0 aromatic carbocycles. The molecule has 0 nitrogen and oxygen atoms in total. The van der Waals surface area contributed by atoms with Gasteiger partial charge in [-0.05, 0) is 19.2 Å². The van der Waals surface area contributed by atoms with Crippen molar-refractivity contribution in [3.8, 4) is 0 Å². The minimum Gasteiger partial charge on any atom is -0.0844 e. The molecule has 0 saturated heterocycles. The van der Waals surface area contributed by atoms with Gasteiger partial charge in [0.2, 0.25) is 0 Å². The number of unbranched alkanes of at least 4 members (excludes halogenated alkanes) is 8. The summed E-state index contributed by atoms with van der Waals surface area (Å²) < 4.78 is 0. The van der Waals surface area contributed by atoms with Crippen molar-refractivity contribution in [2.45, 2.75) is 64.7 Å². The molecule has 0 aromatic rings. The van der Waals surface area contributed by atoms with Gasteiger partial charge >= 0.3 is 0 Å². The highest BCUT2D eigenvalue weighted by molar-refractivity contribution is 7.36. The Kier molecular flexibility index (Phi) is 12.8. The fraction of sp³-hybridized carbons (Fsp3) is 1.00. The van der Waals surface area contributed by atoms with Crippen molar-refractivity contribution < 1.29 is 0 Å². The van der Waals surface area contributed by atoms with Crippen LogP contribution in [0.15, 0.2) is 0 Å². The molecule has 0 amide bonds. The van der Waals surface area contributed by atoms with Crippen LogP contribution in [-0.2, 0) is 0 Å². The van der Waals surface area contributed by atoms with Gasteiger partial charge in [0.15, 0.2) is 0 Å². The van der Waals surface area contributed by atoms with Crippen molar-refractivity contribution in [1.29, 1.82) is 0 Å². The Balaban J connectivity index is 2.76. The zero-order valence-electron chi connectivity index (χ0n) is 9.52. The van der Waals surface area contributed by atoms with E-state index in [0.717, 1.165) is 0 Å². The molecule has 0 atom stereocenters. The van der Waals surface area contributed by atoms with E-state index in [9.17, 15) is 0 Å². The summed E-state index contributed by atoms with van der Waals surface area (Å²) in [7, 11) is 1.57. The van der Waals surface area contributed by atoms with Crippen molar-refractivity contribution in [2.24, 2.45) is 0 Å². The Labute approximate surface area is 86.7 Å². The van der Waals surface area contributed by atoms with Crippen molar-refractivity contribution >= 4 is 8.58 Å². The summed E-state index contributed by atoms with van der Waals surface area (Å²) in [6.07, 6.45) is 14.5. The van der Waals surface area contributed by atoms with E-state index in [-0.39, 0.29) is 0 Å². The van der Waals surface area contributed by atoms with E-state index in [1.54, 1.807) is 8.58 Å². The van der Waals surface area contributed by atoms with Crippen LogP contribution >= 0.6 is 8.58 Å². The molecule has 13 heavy (non-hydrogen) atoms. The van der Waals surface area contributed by atoms with Gasteiger partial charge < -0.3 is 0 Å². The Hall–Kier alpha value is 0.430. The highest BCUT2D eigenvalue weighted by atomic mass is 31.1. The third kappa shape index (κ3) is 12.4. The molecule has 0 fully saturated rings. The standard InChI is InChI=1S/C12H26P/c1-3-4-5-6-7-8-9-10-11-12-13-2/h3-12H2,1-2H3. The van der Waals surface area contributed by atoms with Gasteiger partial charge in [-0.1, -0.05) is 66.9 Å². The van der Waals surface area contributed by atoms with Crippen molar-refractivity contribution in [1.82, 2.24) is 0 Å². The summed E-state index contributed by atoms with van der Waals surface area (Å²) in [5, 5.41) is 0. The Bertz CT molecular complexity index is 71.2. The number of hydrogen-bond donors (Lipinski definition) is 0. The molecule has 0 aromatic heterocycles. The maximum atomic E-state index is 2.28. The van der Waals surface area contributed by atoms with E-state index in [2.05, 4.69) is 13.6 Å². The molecular weight excluding hydrogens is 175 g/mol. The smallest absolute Gasteiger partial charge is 0.0290 e. The van der Waals surface area contributed by atoms with Crippen LogP contribution in [0.5, 0.6) is 0 Å². The number of rotatable bonds is 10. The molecule has 0 aliphatic heterocycles. The highest BCUT2D eigenvalue weighted by Gasteiger charge is 1.91. The first kappa shape index (κ1) is 13.4. The van der Waals surface area contributed by atoms with Gasteiger partial charge in [0, 0.05) is 0 Å². The first-order valence-corrected chi connectivity index (χ1v) is 7.50. The molecule has 0 saturated carbocycles. The minimum absolute atomic E-state index is 1.37. The summed E-state index contributed by atoms with van der Waals surface area (Å²) >= 11 is 0. The van der Waals surface area contributed by atoms with Gasteiger partial charge in [-0.3, -0.25) is 0 Å². The molecule has 0 rings (SSSR count). The quantitative estimate of drug-likeness (QED) is 0.341. The Morgan fingerprint density at radius 2 is 1.15 bits per heavy atom. The van der Waals surface area contributed by atoms with Crippen LogP contribution in [0.3, 0.4) is 0 Å². The third-order valence-electron chi connectivity index (χ3n) is 2.49. The predicted octanol–water partition coefficient (Wildman–Crippen LogP) is 5.09. The topological polar surface area (TPSA) is 0 Å². The fourth-order valence-electron chi connectivity index (χ4n) is 1.58. The van der Waals surface area contributed by atoms with E-state index in [1.807, 2.05) is 0 Å². The van der Waals surface area contributed by atoms with Crippen LogP contribution in [0.25, 0.3) is 0 Å². The number of hydrogen-bond acceptors (Lipinski definition) is 0. The lowest BCUT2D eigenvalue weighted by atomic mass is 10.1. The second-order valence-corrected chi connectivity index (χ2v) is 4.95. The zero-order chi connectivity index (χ0) is 9.78. The predicted molar refractivity (Wildman–Crippen MR) is 64.9 cm³/mol. The summed E-state index contributed by atoms with van der Waals surface area (Å²) in [5.41, 5.74) is 0. The molecule has 0 unspecified atom stereocenters. The minimum atomic E-state index is 1.37. The first-order chi connectivity index (χ1) is 6.41. The van der Waals surface area contributed by atoms with Crippen LogP contribution in [0.4, 0.5) is 0 Å². The lowest BCUT2D eigenvalue weighted by Crippen LogP contribution is -1.81. The van der Waals surface area contributed by atoms with Gasteiger partial charge in [0.05, 0.1) is 0 Å². The molecule has 0 N–H and O–H groups in total. The molecule has 0 bridgehead atoms. The fourth-order valence-corrected chi connectivity index (χ4v) is 2.12. The summed E-state index contributed by atoms with van der Waals surface area (Å²) in [6, 6.07) is 0. The molecule has 79 valence electrons. The average molecular weight is 201 g/mol. The second kappa shape index (κ2) is 12.4. The largest absolute Gasteiger partial charge is 0.0844 e. The van der Waals surface area contributed by atoms with Crippen molar-refractivity contribution in [3.63, 3.8) is 0 Å². The maximum absolute atomic E-state index is 2.28. The van der Waals surface area contributed by atoms with Crippen LogP contribution < -0.4 is 0 Å². The van der Waals surface area contributed by atoms with Crippen molar-refractivity contribution in [2.75, 3.05) is 12.8 Å². The van der Waals surface area contributed by atoms with Gasteiger partial charge in [-0.15, -0.1) is 0 Å². The molecular formula is C12H26P. The lowest BCUT2D eigenvalue weighted by Gasteiger charge is -2.00. The molecule has 0 heterocycles.